The second kappa shape index (κ2) is 9.80. The predicted molar refractivity (Wildman–Crippen MR) is 128 cm³/mol. The van der Waals surface area contributed by atoms with E-state index in [1.54, 1.807) is 30.0 Å². The van der Waals surface area contributed by atoms with E-state index in [1.807, 2.05) is 0 Å². The molecule has 188 valence electrons. The second-order valence-corrected chi connectivity index (χ2v) is 11.3. The molecule has 35 heavy (non-hydrogen) atoms. The predicted octanol–water partition coefficient (Wildman–Crippen LogP) is 1.78. The Kier molecular flexibility index (Phi) is 6.98. The number of anilines is 1. The summed E-state index contributed by atoms with van der Waals surface area (Å²) in [6.07, 6.45) is 4.92. The molecule has 10 nitrogen and oxygen atoms in total. The number of para-hydroxylation sites is 1. The molecule has 0 radical (unpaired) electrons. The van der Waals surface area contributed by atoms with Gasteiger partial charge in [0.2, 0.25) is 5.91 Å². The van der Waals surface area contributed by atoms with Gasteiger partial charge in [0.15, 0.2) is 21.3 Å². The van der Waals surface area contributed by atoms with E-state index in [1.165, 1.54) is 12.1 Å². The third-order valence-electron chi connectivity index (χ3n) is 6.69. The van der Waals surface area contributed by atoms with Crippen molar-refractivity contribution in [3.05, 3.63) is 41.8 Å². The lowest BCUT2D eigenvalue weighted by Crippen LogP contribution is -2.63. The lowest BCUT2D eigenvalue weighted by molar-refractivity contribution is -0.133. The van der Waals surface area contributed by atoms with Gasteiger partial charge < -0.3 is 20.1 Å². The van der Waals surface area contributed by atoms with Crippen molar-refractivity contribution in [2.45, 2.75) is 61.9 Å². The van der Waals surface area contributed by atoms with Crippen molar-refractivity contribution in [2.24, 2.45) is 0 Å². The zero-order chi connectivity index (χ0) is 25.2. The number of ketones is 1. The van der Waals surface area contributed by atoms with Gasteiger partial charge in [-0.3, -0.25) is 14.4 Å². The molecule has 1 unspecified atom stereocenters. The number of piperidine rings is 1. The van der Waals surface area contributed by atoms with Gasteiger partial charge in [0.1, 0.15) is 11.3 Å². The first-order chi connectivity index (χ1) is 16.6. The first kappa shape index (κ1) is 24.9. The summed E-state index contributed by atoms with van der Waals surface area (Å²) < 4.78 is 29.3. The lowest BCUT2D eigenvalue weighted by atomic mass is 9.80. The van der Waals surface area contributed by atoms with E-state index in [0.717, 1.165) is 25.5 Å². The molecular weight excluding hydrogens is 472 g/mol. The molecule has 0 spiro atoms. The fraction of sp³-hybridized carbons (Fsp3) is 0.500. The Hall–Kier alpha value is -3.21. The third-order valence-corrected chi connectivity index (χ3v) is 7.83. The van der Waals surface area contributed by atoms with Crippen LogP contribution in [0.25, 0.3) is 0 Å². The third kappa shape index (κ3) is 5.39. The van der Waals surface area contributed by atoms with Gasteiger partial charge >= 0.3 is 0 Å². The van der Waals surface area contributed by atoms with Crippen LogP contribution in [0.2, 0.25) is 0 Å². The SMILES string of the molecule is Cc1cc(C(=O)NC2(C(=O)NC3CCN(c4ccccc4S(C)(=O)=O)CC3=O)CCCCC2)no1. The zero-order valence-electron chi connectivity index (χ0n) is 19.9. The van der Waals surface area contributed by atoms with Crippen molar-refractivity contribution in [1.29, 1.82) is 0 Å². The molecule has 1 aliphatic carbocycles. The molecule has 1 atom stereocenters. The van der Waals surface area contributed by atoms with Gasteiger partial charge in [-0.05, 0) is 38.3 Å². The number of aromatic nitrogens is 1. The molecule has 4 rings (SSSR count). The molecule has 1 aromatic heterocycles. The van der Waals surface area contributed by atoms with E-state index >= 15 is 0 Å². The fourth-order valence-electron chi connectivity index (χ4n) is 4.83. The molecule has 11 heteroatoms. The van der Waals surface area contributed by atoms with Gasteiger partial charge in [0.05, 0.1) is 23.2 Å². The highest BCUT2D eigenvalue weighted by Crippen LogP contribution is 2.30. The molecule has 2 aliphatic rings. The summed E-state index contributed by atoms with van der Waals surface area (Å²) in [4.78, 5) is 41.1. The summed E-state index contributed by atoms with van der Waals surface area (Å²) in [5.41, 5.74) is -0.538. The van der Waals surface area contributed by atoms with Gasteiger partial charge in [0, 0.05) is 18.9 Å². The van der Waals surface area contributed by atoms with E-state index in [9.17, 15) is 22.8 Å². The normalized spacial score (nSPS) is 20.3. The molecule has 1 aromatic carbocycles. The number of sulfone groups is 1. The number of hydrogen-bond acceptors (Lipinski definition) is 8. The molecule has 2 aromatic rings. The van der Waals surface area contributed by atoms with Crippen LogP contribution in [0.15, 0.2) is 39.8 Å². The quantitative estimate of drug-likeness (QED) is 0.610. The minimum atomic E-state index is -3.46. The van der Waals surface area contributed by atoms with Crippen LogP contribution >= 0.6 is 0 Å². The molecule has 1 saturated carbocycles. The van der Waals surface area contributed by atoms with E-state index in [0.29, 0.717) is 37.3 Å². The Balaban J connectivity index is 1.46. The van der Waals surface area contributed by atoms with Gasteiger partial charge in [0.25, 0.3) is 5.91 Å². The maximum absolute atomic E-state index is 13.4. The van der Waals surface area contributed by atoms with Gasteiger partial charge in [-0.15, -0.1) is 0 Å². The Labute approximate surface area is 204 Å². The summed E-state index contributed by atoms with van der Waals surface area (Å²) in [6, 6.07) is 7.38. The summed E-state index contributed by atoms with van der Waals surface area (Å²) in [5.74, 6) is -0.587. The molecular formula is C24H30N4O6S. The second-order valence-electron chi connectivity index (χ2n) is 9.36. The number of amides is 2. The van der Waals surface area contributed by atoms with Crippen molar-refractivity contribution in [3.63, 3.8) is 0 Å². The van der Waals surface area contributed by atoms with Crippen LogP contribution < -0.4 is 15.5 Å². The van der Waals surface area contributed by atoms with Gasteiger partial charge in [-0.25, -0.2) is 8.42 Å². The summed E-state index contributed by atoms with van der Waals surface area (Å²) >= 11 is 0. The number of nitrogens with one attached hydrogen (secondary N) is 2. The highest BCUT2D eigenvalue weighted by atomic mass is 32.2. The van der Waals surface area contributed by atoms with Gasteiger partial charge in [-0.1, -0.05) is 36.6 Å². The fourth-order valence-corrected chi connectivity index (χ4v) is 5.73. The van der Waals surface area contributed by atoms with Crippen LogP contribution in [0, 0.1) is 6.92 Å². The number of carbonyl (C=O) groups excluding carboxylic acids is 3. The van der Waals surface area contributed by atoms with E-state index in [2.05, 4.69) is 15.8 Å². The first-order valence-corrected chi connectivity index (χ1v) is 13.6. The molecule has 0 bridgehead atoms. The highest BCUT2D eigenvalue weighted by molar-refractivity contribution is 7.90. The van der Waals surface area contributed by atoms with Crippen molar-refractivity contribution >= 4 is 33.1 Å². The van der Waals surface area contributed by atoms with Crippen LogP contribution in [0.1, 0.15) is 54.8 Å². The molecule has 2 fully saturated rings. The molecule has 1 saturated heterocycles. The maximum Gasteiger partial charge on any atom is 0.274 e. The van der Waals surface area contributed by atoms with E-state index in [4.69, 9.17) is 4.52 Å². The molecule has 2 amide bonds. The molecule has 2 N–H and O–H groups in total. The standard InChI is InChI=1S/C24H30N4O6S/c1-16-14-18(27-34-16)22(30)26-24(11-6-3-7-12-24)23(31)25-17-10-13-28(15-20(17)29)19-8-4-5-9-21(19)35(2,32)33/h4-5,8-9,14,17H,3,6-7,10-13,15H2,1-2H3,(H,25,31)(H,26,30). The number of hydrogen-bond donors (Lipinski definition) is 2. The van der Waals surface area contributed by atoms with Crippen LogP contribution in [-0.2, 0) is 19.4 Å². The van der Waals surface area contributed by atoms with Crippen LogP contribution in [-0.4, -0.2) is 62.1 Å². The average Bonchev–Trinajstić information content (AvgIpc) is 3.27. The minimum Gasteiger partial charge on any atom is -0.363 e. The van der Waals surface area contributed by atoms with Crippen molar-refractivity contribution in [3.8, 4) is 0 Å². The Morgan fingerprint density at radius 3 is 2.51 bits per heavy atom. The molecule has 1 aliphatic heterocycles. The Morgan fingerprint density at radius 1 is 1.17 bits per heavy atom. The largest absolute Gasteiger partial charge is 0.363 e. The van der Waals surface area contributed by atoms with Crippen LogP contribution in [0.5, 0.6) is 0 Å². The smallest absolute Gasteiger partial charge is 0.274 e. The van der Waals surface area contributed by atoms with Crippen LogP contribution in [0.4, 0.5) is 5.69 Å². The summed E-state index contributed by atoms with van der Waals surface area (Å²) in [5, 5.41) is 9.47. The van der Waals surface area contributed by atoms with Crippen LogP contribution in [0.3, 0.4) is 0 Å². The highest BCUT2D eigenvalue weighted by Gasteiger charge is 2.43. The van der Waals surface area contributed by atoms with Gasteiger partial charge in [-0.2, -0.15) is 0 Å². The van der Waals surface area contributed by atoms with Crippen molar-refractivity contribution in [2.75, 3.05) is 24.2 Å². The number of Topliss-reactive ketones (excluding diaryl/α,β-unsaturated/α-hetero) is 1. The topological polar surface area (TPSA) is 139 Å². The maximum atomic E-state index is 13.4. The zero-order valence-corrected chi connectivity index (χ0v) is 20.7. The first-order valence-electron chi connectivity index (χ1n) is 11.7. The average molecular weight is 503 g/mol. The Bertz CT molecular complexity index is 1230. The number of carbonyl (C=O) groups is 3. The number of nitrogens with zero attached hydrogens (tertiary/aromatic N) is 2. The minimum absolute atomic E-state index is 0.0188. The summed E-state index contributed by atoms with van der Waals surface area (Å²) in [6.45, 7) is 2.06. The van der Waals surface area contributed by atoms with E-state index in [-0.39, 0.29) is 28.8 Å². The van der Waals surface area contributed by atoms with Crippen molar-refractivity contribution in [1.82, 2.24) is 15.8 Å². The number of aryl methyl sites for hydroxylation is 1. The Morgan fingerprint density at radius 2 is 1.89 bits per heavy atom. The van der Waals surface area contributed by atoms with Crippen molar-refractivity contribution < 1.29 is 27.3 Å². The van der Waals surface area contributed by atoms with E-state index < -0.39 is 27.3 Å². The number of rotatable bonds is 6. The molecule has 2 heterocycles. The summed E-state index contributed by atoms with van der Waals surface area (Å²) in [7, 11) is -3.46. The number of benzene rings is 1. The monoisotopic (exact) mass is 502 g/mol. The lowest BCUT2D eigenvalue weighted by Gasteiger charge is -2.39.